The summed E-state index contributed by atoms with van der Waals surface area (Å²) in [5.74, 6) is -1.64. The summed E-state index contributed by atoms with van der Waals surface area (Å²) in [5, 5.41) is 30.5. The Hall–Kier alpha value is -2.49. The molecule has 0 aliphatic rings. The number of hydrogen-bond donors (Lipinski definition) is 3. The second kappa shape index (κ2) is 13.7. The second-order valence-electron chi connectivity index (χ2n) is 8.16. The second-order valence-corrected chi connectivity index (χ2v) is 8.16. The smallest absolute Gasteiger partial charge is 0.336 e. The number of benzene rings is 1. The van der Waals surface area contributed by atoms with Crippen LogP contribution in [0.4, 0.5) is 0 Å². The highest BCUT2D eigenvalue weighted by atomic mass is 16.4. The Morgan fingerprint density at radius 2 is 1.67 bits per heavy atom. The molecule has 0 aliphatic carbocycles. The lowest BCUT2D eigenvalue weighted by Crippen LogP contribution is -2.04. The van der Waals surface area contributed by atoms with Crippen molar-refractivity contribution in [2.75, 3.05) is 0 Å². The quantitative estimate of drug-likeness (QED) is 0.183. The van der Waals surface area contributed by atoms with Gasteiger partial charge in [-0.2, -0.15) is 0 Å². The maximum atomic E-state index is 11.8. The molecule has 3 N–H and O–H groups in total. The molecule has 4 heteroatoms. The van der Waals surface area contributed by atoms with E-state index in [4.69, 9.17) is 0 Å². The number of phenolic OH excluding ortho intramolecular Hbond substituents is 2. The standard InChI is InChI=1S/C26H38O4/c1-5-6-7-8-9-10-11-15-21-18-23(26(29)30)22(25(28)24(21)27)17-16-20(4)14-12-13-19(2)3/h10-11,13,16,18,27-28H,5-9,12,14-15,17H2,1-4H3,(H,29,30)/b11-10+,20-16+. The van der Waals surface area contributed by atoms with Crippen LogP contribution in [0.5, 0.6) is 11.5 Å². The fourth-order valence-corrected chi connectivity index (χ4v) is 3.29. The van der Waals surface area contributed by atoms with Crippen LogP contribution >= 0.6 is 0 Å². The van der Waals surface area contributed by atoms with Gasteiger partial charge in [-0.15, -0.1) is 0 Å². The average molecular weight is 415 g/mol. The molecule has 0 fully saturated rings. The fraction of sp³-hybridized carbons (Fsp3) is 0.500. The molecule has 0 unspecified atom stereocenters. The molecule has 1 aromatic carbocycles. The van der Waals surface area contributed by atoms with Crippen LogP contribution in [0.25, 0.3) is 0 Å². The zero-order chi connectivity index (χ0) is 22.5. The zero-order valence-corrected chi connectivity index (χ0v) is 19.0. The van der Waals surface area contributed by atoms with E-state index in [9.17, 15) is 20.1 Å². The van der Waals surface area contributed by atoms with E-state index in [1.807, 2.05) is 19.1 Å². The van der Waals surface area contributed by atoms with Crippen molar-refractivity contribution >= 4 is 5.97 Å². The van der Waals surface area contributed by atoms with Crippen molar-refractivity contribution in [3.8, 4) is 11.5 Å². The number of phenols is 2. The Labute approximate surface area is 181 Å². The molecule has 4 nitrogen and oxygen atoms in total. The predicted octanol–water partition coefficient (Wildman–Crippen LogP) is 7.10. The summed E-state index contributed by atoms with van der Waals surface area (Å²) in [6, 6.07) is 1.49. The number of carbonyl (C=O) groups is 1. The Morgan fingerprint density at radius 1 is 0.933 bits per heavy atom. The summed E-state index contributed by atoms with van der Waals surface area (Å²) in [7, 11) is 0. The van der Waals surface area contributed by atoms with Crippen molar-refractivity contribution in [1.29, 1.82) is 0 Å². The molecule has 0 aliphatic heterocycles. The SMILES string of the molecule is CCCCCC/C=C/Cc1cc(C(=O)O)c(C/C=C(\C)CCC=C(C)C)c(O)c1O. The summed E-state index contributed by atoms with van der Waals surface area (Å²) in [5.41, 5.74) is 3.13. The minimum Gasteiger partial charge on any atom is -0.504 e. The third-order valence-corrected chi connectivity index (χ3v) is 5.16. The van der Waals surface area contributed by atoms with E-state index in [1.54, 1.807) is 0 Å². The van der Waals surface area contributed by atoms with Gasteiger partial charge < -0.3 is 15.3 Å². The lowest BCUT2D eigenvalue weighted by atomic mass is 9.96. The number of aromatic hydroxyl groups is 2. The molecule has 0 spiro atoms. The Balaban J connectivity index is 2.92. The summed E-state index contributed by atoms with van der Waals surface area (Å²) < 4.78 is 0. The summed E-state index contributed by atoms with van der Waals surface area (Å²) in [6.07, 6.45) is 16.3. The minimum absolute atomic E-state index is 0.0463. The maximum Gasteiger partial charge on any atom is 0.336 e. The minimum atomic E-state index is -1.10. The number of allylic oxidation sites excluding steroid dienone is 6. The van der Waals surface area contributed by atoms with Gasteiger partial charge in [-0.1, -0.05) is 61.6 Å². The number of rotatable bonds is 13. The predicted molar refractivity (Wildman–Crippen MR) is 124 cm³/mol. The zero-order valence-electron chi connectivity index (χ0n) is 19.0. The summed E-state index contributed by atoms with van der Waals surface area (Å²) >= 11 is 0. The topological polar surface area (TPSA) is 77.8 Å². The van der Waals surface area contributed by atoms with Crippen molar-refractivity contribution < 1.29 is 20.1 Å². The molecule has 0 saturated heterocycles. The highest BCUT2D eigenvalue weighted by Gasteiger charge is 2.20. The van der Waals surface area contributed by atoms with Gasteiger partial charge in [-0.3, -0.25) is 0 Å². The van der Waals surface area contributed by atoms with Gasteiger partial charge in [0.1, 0.15) is 0 Å². The van der Waals surface area contributed by atoms with Gasteiger partial charge in [0, 0.05) is 11.1 Å². The van der Waals surface area contributed by atoms with E-state index < -0.39 is 5.97 Å². The highest BCUT2D eigenvalue weighted by molar-refractivity contribution is 5.91. The van der Waals surface area contributed by atoms with Crippen LogP contribution in [-0.2, 0) is 12.8 Å². The van der Waals surface area contributed by atoms with Crippen molar-refractivity contribution in [3.63, 3.8) is 0 Å². The van der Waals surface area contributed by atoms with Crippen LogP contribution in [0.15, 0.2) is 41.5 Å². The summed E-state index contributed by atoms with van der Waals surface area (Å²) in [6.45, 7) is 8.29. The van der Waals surface area contributed by atoms with Crippen molar-refractivity contribution in [1.82, 2.24) is 0 Å². The molecule has 0 aromatic heterocycles. The fourth-order valence-electron chi connectivity index (χ4n) is 3.29. The van der Waals surface area contributed by atoms with Gasteiger partial charge in [-0.25, -0.2) is 4.79 Å². The highest BCUT2D eigenvalue weighted by Crippen LogP contribution is 2.36. The molecular weight excluding hydrogens is 376 g/mol. The molecule has 0 bridgehead atoms. The van der Waals surface area contributed by atoms with E-state index in [0.717, 1.165) is 31.3 Å². The molecule has 0 radical (unpaired) electrons. The molecule has 0 heterocycles. The van der Waals surface area contributed by atoms with Crippen LogP contribution < -0.4 is 0 Å². The number of carboxylic acid groups (broad SMARTS) is 1. The first-order valence-electron chi connectivity index (χ1n) is 11.0. The van der Waals surface area contributed by atoms with Crippen molar-refractivity contribution in [2.24, 2.45) is 0 Å². The normalized spacial score (nSPS) is 11.8. The van der Waals surface area contributed by atoms with Crippen molar-refractivity contribution in [2.45, 2.75) is 85.5 Å². The maximum absolute atomic E-state index is 11.8. The van der Waals surface area contributed by atoms with Gasteiger partial charge >= 0.3 is 5.97 Å². The third kappa shape index (κ3) is 8.89. The van der Waals surface area contributed by atoms with Crippen LogP contribution in [0.3, 0.4) is 0 Å². The number of carboxylic acids is 1. The summed E-state index contributed by atoms with van der Waals surface area (Å²) in [4.78, 5) is 11.8. The van der Waals surface area contributed by atoms with Gasteiger partial charge in [-0.05, 0) is 65.4 Å². The van der Waals surface area contributed by atoms with Crippen molar-refractivity contribution in [3.05, 3.63) is 58.2 Å². The molecule has 0 atom stereocenters. The number of unbranched alkanes of at least 4 members (excludes halogenated alkanes) is 4. The molecule has 0 amide bonds. The lowest BCUT2D eigenvalue weighted by Gasteiger charge is -2.13. The van der Waals surface area contributed by atoms with Gasteiger partial charge in [0.2, 0.25) is 0 Å². The van der Waals surface area contributed by atoms with Gasteiger partial charge in [0.05, 0.1) is 5.56 Å². The molecule has 1 rings (SSSR count). The molecule has 0 saturated carbocycles. The van der Waals surface area contributed by atoms with Gasteiger partial charge in [0.25, 0.3) is 0 Å². The first-order valence-corrected chi connectivity index (χ1v) is 11.0. The van der Waals surface area contributed by atoms with E-state index in [2.05, 4.69) is 32.9 Å². The Kier molecular flexibility index (Phi) is 11.7. The monoisotopic (exact) mass is 414 g/mol. The first kappa shape index (κ1) is 25.5. The molecule has 30 heavy (non-hydrogen) atoms. The van der Waals surface area contributed by atoms with Crippen LogP contribution in [0, 0.1) is 0 Å². The number of hydrogen-bond acceptors (Lipinski definition) is 3. The molecular formula is C26H38O4. The van der Waals surface area contributed by atoms with E-state index in [0.29, 0.717) is 12.0 Å². The number of aromatic carboxylic acids is 1. The van der Waals surface area contributed by atoms with E-state index in [-0.39, 0.29) is 29.0 Å². The molecule has 1 aromatic rings. The lowest BCUT2D eigenvalue weighted by molar-refractivity contribution is 0.0695. The average Bonchev–Trinajstić information content (AvgIpc) is 2.68. The Morgan fingerprint density at radius 3 is 2.30 bits per heavy atom. The van der Waals surface area contributed by atoms with E-state index >= 15 is 0 Å². The van der Waals surface area contributed by atoms with Crippen LogP contribution in [-0.4, -0.2) is 21.3 Å². The Bertz CT molecular complexity index is 781. The van der Waals surface area contributed by atoms with E-state index in [1.165, 1.54) is 30.9 Å². The van der Waals surface area contributed by atoms with Gasteiger partial charge in [0.15, 0.2) is 11.5 Å². The largest absolute Gasteiger partial charge is 0.504 e. The first-order chi connectivity index (χ1) is 14.3. The molecule has 166 valence electrons. The van der Waals surface area contributed by atoms with Crippen LogP contribution in [0.1, 0.15) is 94.1 Å². The third-order valence-electron chi connectivity index (χ3n) is 5.16. The van der Waals surface area contributed by atoms with Crippen LogP contribution in [0.2, 0.25) is 0 Å².